The number of benzene rings is 1. The fourth-order valence-electron chi connectivity index (χ4n) is 2.78. The molecule has 0 spiro atoms. The summed E-state index contributed by atoms with van der Waals surface area (Å²) >= 11 is 0. The molecule has 1 fully saturated rings. The average Bonchev–Trinajstić information content (AvgIpc) is 2.76. The molecule has 1 aliphatic carbocycles. The van der Waals surface area contributed by atoms with Crippen molar-refractivity contribution in [3.05, 3.63) is 36.5 Å². The predicted octanol–water partition coefficient (Wildman–Crippen LogP) is 3.84. The van der Waals surface area contributed by atoms with Crippen molar-refractivity contribution in [2.24, 2.45) is 5.92 Å². The third kappa shape index (κ3) is 1.99. The first-order valence-corrected chi connectivity index (χ1v) is 6.45. The summed E-state index contributed by atoms with van der Waals surface area (Å²) in [5, 5.41) is 4.92. The van der Waals surface area contributed by atoms with Crippen LogP contribution in [0, 0.1) is 5.92 Å². The van der Waals surface area contributed by atoms with E-state index in [1.165, 1.54) is 30.3 Å². The van der Waals surface area contributed by atoms with E-state index in [2.05, 4.69) is 41.5 Å². The van der Waals surface area contributed by atoms with Gasteiger partial charge >= 0.3 is 0 Å². The Hall–Kier alpha value is -1.57. The van der Waals surface area contributed by atoms with Gasteiger partial charge in [-0.15, -0.1) is 0 Å². The molecule has 0 saturated heterocycles. The van der Waals surface area contributed by atoms with Crippen molar-refractivity contribution in [3.8, 4) is 0 Å². The fourth-order valence-corrected chi connectivity index (χ4v) is 2.78. The van der Waals surface area contributed by atoms with Crippen LogP contribution < -0.4 is 5.32 Å². The second-order valence-corrected chi connectivity index (χ2v) is 5.03. The zero-order valence-electron chi connectivity index (χ0n) is 10.2. The molecule has 1 aromatic heterocycles. The van der Waals surface area contributed by atoms with Crippen molar-refractivity contribution in [1.82, 2.24) is 4.98 Å². The van der Waals surface area contributed by atoms with E-state index in [1.807, 2.05) is 12.3 Å². The lowest BCUT2D eigenvalue weighted by Crippen LogP contribution is -2.21. The second-order valence-electron chi connectivity index (χ2n) is 5.03. The average molecular weight is 226 g/mol. The number of aromatic nitrogens is 1. The van der Waals surface area contributed by atoms with Crippen LogP contribution in [0.2, 0.25) is 0 Å². The molecule has 17 heavy (non-hydrogen) atoms. The number of hydrogen-bond donors (Lipinski definition) is 1. The SMILES string of the molecule is CC1CCCC1Nc1ccnc2ccccc12. The van der Waals surface area contributed by atoms with Crippen LogP contribution in [0.1, 0.15) is 26.2 Å². The minimum Gasteiger partial charge on any atom is -0.381 e. The van der Waals surface area contributed by atoms with Gasteiger partial charge in [0.15, 0.2) is 0 Å². The van der Waals surface area contributed by atoms with Crippen molar-refractivity contribution in [2.45, 2.75) is 32.2 Å². The minimum absolute atomic E-state index is 0.626. The van der Waals surface area contributed by atoms with Crippen LogP contribution >= 0.6 is 0 Å². The van der Waals surface area contributed by atoms with E-state index in [9.17, 15) is 0 Å². The summed E-state index contributed by atoms with van der Waals surface area (Å²) in [6.07, 6.45) is 5.88. The first-order chi connectivity index (χ1) is 8.34. The summed E-state index contributed by atoms with van der Waals surface area (Å²) in [5.41, 5.74) is 2.30. The molecule has 88 valence electrons. The molecule has 1 saturated carbocycles. The van der Waals surface area contributed by atoms with Gasteiger partial charge in [-0.3, -0.25) is 4.98 Å². The van der Waals surface area contributed by atoms with Crippen LogP contribution in [0.3, 0.4) is 0 Å². The van der Waals surface area contributed by atoms with E-state index < -0.39 is 0 Å². The topological polar surface area (TPSA) is 24.9 Å². The zero-order chi connectivity index (χ0) is 11.7. The highest BCUT2D eigenvalue weighted by atomic mass is 14.9. The second kappa shape index (κ2) is 4.36. The maximum Gasteiger partial charge on any atom is 0.0722 e. The Morgan fingerprint density at radius 1 is 1.18 bits per heavy atom. The fraction of sp³-hybridized carbons (Fsp3) is 0.400. The first-order valence-electron chi connectivity index (χ1n) is 6.45. The molecule has 0 amide bonds. The zero-order valence-corrected chi connectivity index (χ0v) is 10.2. The van der Waals surface area contributed by atoms with Crippen LogP contribution in [-0.4, -0.2) is 11.0 Å². The molecular formula is C15H18N2. The van der Waals surface area contributed by atoms with Crippen molar-refractivity contribution < 1.29 is 0 Å². The molecule has 0 radical (unpaired) electrons. The van der Waals surface area contributed by atoms with E-state index in [0.717, 1.165) is 11.4 Å². The molecule has 2 aromatic rings. The van der Waals surface area contributed by atoms with E-state index >= 15 is 0 Å². The molecule has 2 heteroatoms. The number of pyridine rings is 1. The van der Waals surface area contributed by atoms with Crippen molar-refractivity contribution in [3.63, 3.8) is 0 Å². The lowest BCUT2D eigenvalue weighted by molar-refractivity contribution is 0.557. The largest absolute Gasteiger partial charge is 0.381 e. The summed E-state index contributed by atoms with van der Waals surface area (Å²) in [6, 6.07) is 11.0. The number of hydrogen-bond acceptors (Lipinski definition) is 2. The highest BCUT2D eigenvalue weighted by molar-refractivity contribution is 5.90. The van der Waals surface area contributed by atoms with Gasteiger partial charge in [0.05, 0.1) is 5.52 Å². The Kier molecular flexibility index (Phi) is 2.71. The number of nitrogens with zero attached hydrogens (tertiary/aromatic N) is 1. The number of para-hydroxylation sites is 1. The normalized spacial score (nSPS) is 24.1. The van der Waals surface area contributed by atoms with Gasteiger partial charge < -0.3 is 5.32 Å². The standard InChI is InChI=1S/C15H18N2/c1-11-5-4-8-13(11)17-15-9-10-16-14-7-3-2-6-12(14)15/h2-3,6-7,9-11,13H,4-5,8H2,1H3,(H,16,17). The van der Waals surface area contributed by atoms with E-state index in [1.54, 1.807) is 0 Å². The summed E-state index contributed by atoms with van der Waals surface area (Å²) in [5.74, 6) is 0.780. The highest BCUT2D eigenvalue weighted by Gasteiger charge is 2.23. The molecule has 1 heterocycles. The first kappa shape index (κ1) is 10.6. The number of nitrogens with one attached hydrogen (secondary N) is 1. The minimum atomic E-state index is 0.626. The molecule has 2 atom stereocenters. The lowest BCUT2D eigenvalue weighted by Gasteiger charge is -2.19. The summed E-state index contributed by atoms with van der Waals surface area (Å²) in [7, 11) is 0. The van der Waals surface area contributed by atoms with Gasteiger partial charge in [-0.2, -0.15) is 0 Å². The van der Waals surface area contributed by atoms with Gasteiger partial charge in [-0.25, -0.2) is 0 Å². The Morgan fingerprint density at radius 2 is 2.06 bits per heavy atom. The summed E-state index contributed by atoms with van der Waals surface area (Å²) in [4.78, 5) is 4.40. The number of fused-ring (bicyclic) bond motifs is 1. The molecule has 2 nitrogen and oxygen atoms in total. The van der Waals surface area contributed by atoms with Crippen molar-refractivity contribution in [1.29, 1.82) is 0 Å². The van der Waals surface area contributed by atoms with Crippen molar-refractivity contribution >= 4 is 16.6 Å². The maximum absolute atomic E-state index is 4.40. The van der Waals surface area contributed by atoms with Gasteiger partial charge in [0.2, 0.25) is 0 Å². The summed E-state index contributed by atoms with van der Waals surface area (Å²) < 4.78 is 0. The van der Waals surface area contributed by atoms with E-state index in [-0.39, 0.29) is 0 Å². The Morgan fingerprint density at radius 3 is 2.88 bits per heavy atom. The Labute approximate surface area is 102 Å². The van der Waals surface area contributed by atoms with Gasteiger partial charge in [0.1, 0.15) is 0 Å². The van der Waals surface area contributed by atoms with Crippen molar-refractivity contribution in [2.75, 3.05) is 5.32 Å². The quantitative estimate of drug-likeness (QED) is 0.841. The lowest BCUT2D eigenvalue weighted by atomic mass is 10.1. The van der Waals surface area contributed by atoms with Crippen LogP contribution in [0.4, 0.5) is 5.69 Å². The molecular weight excluding hydrogens is 208 g/mol. The maximum atomic E-state index is 4.40. The number of rotatable bonds is 2. The third-order valence-corrected chi connectivity index (χ3v) is 3.85. The highest BCUT2D eigenvalue weighted by Crippen LogP contribution is 2.30. The summed E-state index contributed by atoms with van der Waals surface area (Å²) in [6.45, 7) is 2.34. The van der Waals surface area contributed by atoms with Gasteiger partial charge in [0.25, 0.3) is 0 Å². The molecule has 2 unspecified atom stereocenters. The molecule has 3 rings (SSSR count). The van der Waals surface area contributed by atoms with Gasteiger partial charge in [-0.1, -0.05) is 31.5 Å². The third-order valence-electron chi connectivity index (χ3n) is 3.85. The smallest absolute Gasteiger partial charge is 0.0722 e. The Bertz CT molecular complexity index is 516. The molecule has 0 bridgehead atoms. The van der Waals surface area contributed by atoms with Gasteiger partial charge in [-0.05, 0) is 30.9 Å². The molecule has 0 aliphatic heterocycles. The Balaban J connectivity index is 1.94. The van der Waals surface area contributed by atoms with E-state index in [4.69, 9.17) is 0 Å². The molecule has 1 aliphatic rings. The van der Waals surface area contributed by atoms with Crippen LogP contribution in [0.5, 0.6) is 0 Å². The number of anilines is 1. The van der Waals surface area contributed by atoms with Gasteiger partial charge in [0, 0.05) is 23.3 Å². The van der Waals surface area contributed by atoms with Crippen LogP contribution in [0.15, 0.2) is 36.5 Å². The van der Waals surface area contributed by atoms with Crippen LogP contribution in [-0.2, 0) is 0 Å². The van der Waals surface area contributed by atoms with Crippen LogP contribution in [0.25, 0.3) is 10.9 Å². The predicted molar refractivity (Wildman–Crippen MR) is 72.2 cm³/mol. The molecule has 1 N–H and O–H groups in total. The van der Waals surface area contributed by atoms with E-state index in [0.29, 0.717) is 6.04 Å². The monoisotopic (exact) mass is 226 g/mol. The molecule has 1 aromatic carbocycles.